The van der Waals surface area contributed by atoms with Gasteiger partial charge in [0.15, 0.2) is 11.5 Å². The fourth-order valence-corrected chi connectivity index (χ4v) is 1.63. The summed E-state index contributed by atoms with van der Waals surface area (Å²) in [6, 6.07) is 9.25. The Morgan fingerprint density at radius 3 is 2.38 bits per heavy atom. The summed E-state index contributed by atoms with van der Waals surface area (Å²) in [6.45, 7) is -2.92. The number of carbonyl (C=O) groups excluding carboxylic acids is 1. The largest absolute Gasteiger partial charge is 0.504 e. The Morgan fingerprint density at radius 2 is 1.76 bits per heavy atom. The molecule has 2 aromatic rings. The van der Waals surface area contributed by atoms with Gasteiger partial charge in [-0.25, -0.2) is 0 Å². The lowest BCUT2D eigenvalue weighted by Crippen LogP contribution is -2.12. The van der Waals surface area contributed by atoms with E-state index < -0.39 is 24.0 Å². The molecule has 2 rings (SSSR count). The second kappa shape index (κ2) is 6.08. The highest BCUT2D eigenvalue weighted by Crippen LogP contribution is 2.29. The van der Waals surface area contributed by atoms with Gasteiger partial charge in [0.05, 0.1) is 5.56 Å². The average Bonchev–Trinajstić information content (AvgIpc) is 2.43. The lowest BCUT2D eigenvalue weighted by molar-refractivity contribution is -0.0498. The van der Waals surface area contributed by atoms with Crippen LogP contribution in [0.25, 0.3) is 0 Å². The Balaban J connectivity index is 2.11. The first-order valence-corrected chi connectivity index (χ1v) is 5.84. The Labute approximate surface area is 118 Å². The number of nitrogens with one attached hydrogen (secondary N) is 1. The molecule has 0 fully saturated rings. The van der Waals surface area contributed by atoms with Crippen molar-refractivity contribution in [3.8, 4) is 17.2 Å². The molecule has 0 aliphatic heterocycles. The lowest BCUT2D eigenvalue weighted by Gasteiger charge is -2.09. The van der Waals surface area contributed by atoms with Crippen LogP contribution in [-0.4, -0.2) is 22.7 Å². The molecule has 2 aromatic carbocycles. The van der Waals surface area contributed by atoms with Gasteiger partial charge in [-0.15, -0.1) is 0 Å². The van der Waals surface area contributed by atoms with Crippen molar-refractivity contribution in [2.75, 3.05) is 5.32 Å². The van der Waals surface area contributed by atoms with Gasteiger partial charge < -0.3 is 20.3 Å². The van der Waals surface area contributed by atoms with Crippen molar-refractivity contribution >= 4 is 11.6 Å². The number of phenolic OH excluding ortho intramolecular Hbond substituents is 2. The van der Waals surface area contributed by atoms with Crippen LogP contribution in [0.3, 0.4) is 0 Å². The molecular weight excluding hydrogens is 284 g/mol. The van der Waals surface area contributed by atoms with Crippen LogP contribution in [0.15, 0.2) is 42.5 Å². The summed E-state index contributed by atoms with van der Waals surface area (Å²) in [7, 11) is 0. The third kappa shape index (κ3) is 3.59. The summed E-state index contributed by atoms with van der Waals surface area (Å²) in [6.07, 6.45) is 0. The van der Waals surface area contributed by atoms with Crippen molar-refractivity contribution in [2.24, 2.45) is 0 Å². The molecule has 3 N–H and O–H groups in total. The molecular formula is C14H11F2NO4. The zero-order valence-electron chi connectivity index (χ0n) is 10.6. The van der Waals surface area contributed by atoms with Crippen LogP contribution < -0.4 is 10.1 Å². The van der Waals surface area contributed by atoms with E-state index in [1.807, 2.05) is 0 Å². The molecule has 110 valence electrons. The monoisotopic (exact) mass is 295 g/mol. The van der Waals surface area contributed by atoms with E-state index in [0.717, 1.165) is 0 Å². The molecule has 0 spiro atoms. The number of amides is 1. The third-order valence-electron chi connectivity index (χ3n) is 2.60. The molecule has 7 heteroatoms. The van der Waals surface area contributed by atoms with Crippen LogP contribution >= 0.6 is 0 Å². The number of phenols is 2. The van der Waals surface area contributed by atoms with E-state index in [0.29, 0.717) is 5.69 Å². The predicted molar refractivity (Wildman–Crippen MR) is 70.8 cm³/mol. The van der Waals surface area contributed by atoms with Crippen molar-refractivity contribution in [1.29, 1.82) is 0 Å². The second-order valence-corrected chi connectivity index (χ2v) is 4.03. The van der Waals surface area contributed by atoms with Crippen LogP contribution in [0.5, 0.6) is 17.2 Å². The number of hydrogen-bond donors (Lipinski definition) is 3. The molecule has 0 saturated carbocycles. The molecule has 0 aromatic heterocycles. The van der Waals surface area contributed by atoms with E-state index in [1.54, 1.807) is 0 Å². The van der Waals surface area contributed by atoms with Crippen LogP contribution in [-0.2, 0) is 0 Å². The molecule has 0 bridgehead atoms. The van der Waals surface area contributed by atoms with Gasteiger partial charge in [-0.2, -0.15) is 8.78 Å². The minimum atomic E-state index is -2.92. The molecule has 0 aliphatic carbocycles. The van der Waals surface area contributed by atoms with Gasteiger partial charge in [-0.3, -0.25) is 4.79 Å². The zero-order valence-corrected chi connectivity index (χ0v) is 10.6. The number of ether oxygens (including phenoxy) is 1. The molecule has 21 heavy (non-hydrogen) atoms. The van der Waals surface area contributed by atoms with Gasteiger partial charge in [0.1, 0.15) is 5.75 Å². The molecule has 0 radical (unpaired) electrons. The molecule has 0 heterocycles. The normalized spacial score (nSPS) is 10.4. The van der Waals surface area contributed by atoms with Crippen LogP contribution in [0.1, 0.15) is 10.4 Å². The van der Waals surface area contributed by atoms with Gasteiger partial charge in [-0.1, -0.05) is 6.07 Å². The van der Waals surface area contributed by atoms with Gasteiger partial charge in [0.2, 0.25) is 0 Å². The summed E-state index contributed by atoms with van der Waals surface area (Å²) >= 11 is 0. The number of para-hydroxylation sites is 1. The number of aromatic hydroxyl groups is 2. The predicted octanol–water partition coefficient (Wildman–Crippen LogP) is 2.95. The van der Waals surface area contributed by atoms with Gasteiger partial charge >= 0.3 is 6.61 Å². The number of alkyl halides is 2. The minimum Gasteiger partial charge on any atom is -0.504 e. The molecule has 5 nitrogen and oxygen atoms in total. The highest BCUT2D eigenvalue weighted by molar-refractivity contribution is 6.06. The molecule has 1 amide bonds. The Kier molecular flexibility index (Phi) is 4.22. The maximum Gasteiger partial charge on any atom is 0.387 e. The maximum atomic E-state index is 12.0. The maximum absolute atomic E-state index is 12.0. The van der Waals surface area contributed by atoms with Crippen LogP contribution in [0.2, 0.25) is 0 Å². The highest BCUT2D eigenvalue weighted by atomic mass is 19.3. The molecule has 0 aliphatic rings. The summed E-state index contributed by atoms with van der Waals surface area (Å²) in [5.41, 5.74) is 0.215. The zero-order chi connectivity index (χ0) is 15.4. The van der Waals surface area contributed by atoms with Gasteiger partial charge in [0.25, 0.3) is 5.91 Å². The quantitative estimate of drug-likeness (QED) is 0.758. The first kappa shape index (κ1) is 14.6. The number of anilines is 1. The van der Waals surface area contributed by atoms with Crippen molar-refractivity contribution in [3.63, 3.8) is 0 Å². The Hall–Kier alpha value is -2.83. The van der Waals surface area contributed by atoms with Crippen LogP contribution in [0.4, 0.5) is 14.5 Å². The smallest absolute Gasteiger partial charge is 0.387 e. The topological polar surface area (TPSA) is 78.8 Å². The first-order valence-electron chi connectivity index (χ1n) is 5.84. The van der Waals surface area contributed by atoms with E-state index in [-0.39, 0.29) is 11.3 Å². The van der Waals surface area contributed by atoms with Crippen molar-refractivity contribution < 1.29 is 28.5 Å². The number of rotatable bonds is 4. The summed E-state index contributed by atoms with van der Waals surface area (Å²) in [5, 5.41) is 21.3. The molecule has 0 saturated heterocycles. The number of benzene rings is 2. The van der Waals surface area contributed by atoms with E-state index in [1.165, 1.54) is 42.5 Å². The molecule has 0 atom stereocenters. The second-order valence-electron chi connectivity index (χ2n) is 4.03. The van der Waals surface area contributed by atoms with E-state index in [4.69, 9.17) is 0 Å². The Bertz CT molecular complexity index is 644. The summed E-state index contributed by atoms with van der Waals surface area (Å²) in [4.78, 5) is 11.9. The molecule has 0 unspecified atom stereocenters. The fraction of sp³-hybridized carbons (Fsp3) is 0.0714. The van der Waals surface area contributed by atoms with Gasteiger partial charge in [0, 0.05) is 5.69 Å². The van der Waals surface area contributed by atoms with Crippen molar-refractivity contribution in [3.05, 3.63) is 48.0 Å². The lowest BCUT2D eigenvalue weighted by atomic mass is 10.1. The fourth-order valence-electron chi connectivity index (χ4n) is 1.63. The summed E-state index contributed by atoms with van der Waals surface area (Å²) in [5.74, 6) is -1.63. The van der Waals surface area contributed by atoms with Crippen molar-refractivity contribution in [1.82, 2.24) is 0 Å². The number of carbonyl (C=O) groups is 1. The SMILES string of the molecule is O=C(Nc1ccc(OC(F)F)cc1)c1cccc(O)c1O. The first-order chi connectivity index (χ1) is 9.97. The minimum absolute atomic E-state index is 0.0387. The standard InChI is InChI=1S/C14H11F2NO4/c15-14(16)21-9-6-4-8(5-7-9)17-13(20)10-2-1-3-11(18)12(10)19/h1-7,14,18-19H,(H,17,20). The van der Waals surface area contributed by atoms with E-state index in [2.05, 4.69) is 10.1 Å². The van der Waals surface area contributed by atoms with Crippen molar-refractivity contribution in [2.45, 2.75) is 6.61 Å². The highest BCUT2D eigenvalue weighted by Gasteiger charge is 2.14. The summed E-state index contributed by atoms with van der Waals surface area (Å²) < 4.78 is 28.2. The third-order valence-corrected chi connectivity index (χ3v) is 2.60. The van der Waals surface area contributed by atoms with E-state index in [9.17, 15) is 23.8 Å². The van der Waals surface area contributed by atoms with Gasteiger partial charge in [-0.05, 0) is 36.4 Å². The number of halogens is 2. The number of hydrogen-bond acceptors (Lipinski definition) is 4. The van der Waals surface area contributed by atoms with Crippen LogP contribution in [0, 0.1) is 0 Å². The van der Waals surface area contributed by atoms with E-state index >= 15 is 0 Å². The average molecular weight is 295 g/mol. The Morgan fingerprint density at radius 1 is 1.10 bits per heavy atom.